The number of benzene rings is 2. The van der Waals surface area contributed by atoms with Crippen LogP contribution in [0.15, 0.2) is 48.5 Å². The molecule has 0 aromatic heterocycles. The summed E-state index contributed by atoms with van der Waals surface area (Å²) in [6, 6.07) is 15.5. The number of carbonyl (C=O) groups is 1. The minimum absolute atomic E-state index is 0.214. The molecule has 0 heterocycles. The minimum atomic E-state index is -0.289. The van der Waals surface area contributed by atoms with Crippen molar-refractivity contribution in [3.8, 4) is 0 Å². The van der Waals surface area contributed by atoms with Crippen LogP contribution in [0.3, 0.4) is 0 Å². The molecule has 104 valence electrons. The number of rotatable bonds is 4. The summed E-state index contributed by atoms with van der Waals surface area (Å²) in [6.45, 7) is 2.01. The first-order valence-electron chi connectivity index (χ1n) is 6.49. The molecule has 3 heteroatoms. The van der Waals surface area contributed by atoms with E-state index in [9.17, 15) is 4.79 Å². The van der Waals surface area contributed by atoms with Crippen molar-refractivity contribution >= 4 is 17.6 Å². The lowest BCUT2D eigenvalue weighted by atomic mass is 9.89. The van der Waals surface area contributed by atoms with E-state index >= 15 is 0 Å². The van der Waals surface area contributed by atoms with Crippen LogP contribution in [0.1, 0.15) is 22.6 Å². The molecule has 0 radical (unpaired) electrons. The summed E-state index contributed by atoms with van der Waals surface area (Å²) in [5.74, 6) is -0.503. The van der Waals surface area contributed by atoms with E-state index in [4.69, 9.17) is 16.3 Å². The van der Waals surface area contributed by atoms with Crippen LogP contribution in [0.25, 0.3) is 0 Å². The standard InChI is InChI=1S/C17H17ClO2/c1-12-5-3-4-6-15(12)16(17(19)20-2)11-13-7-9-14(18)10-8-13/h3-10,16H,11H2,1-2H3/t16-/m1/s1. The van der Waals surface area contributed by atoms with E-state index in [2.05, 4.69) is 0 Å². The number of hydrogen-bond donors (Lipinski definition) is 0. The topological polar surface area (TPSA) is 26.3 Å². The van der Waals surface area contributed by atoms with E-state index in [0.717, 1.165) is 16.7 Å². The first-order chi connectivity index (χ1) is 9.61. The van der Waals surface area contributed by atoms with Crippen LogP contribution in [0, 0.1) is 6.92 Å². The lowest BCUT2D eigenvalue weighted by Gasteiger charge is -2.17. The summed E-state index contributed by atoms with van der Waals surface area (Å²) in [4.78, 5) is 12.1. The fraction of sp³-hybridized carbons (Fsp3) is 0.235. The van der Waals surface area contributed by atoms with Crippen LogP contribution in [-0.4, -0.2) is 13.1 Å². The predicted octanol–water partition coefficient (Wildman–Crippen LogP) is 4.15. The SMILES string of the molecule is COC(=O)[C@H](Cc1ccc(Cl)cc1)c1ccccc1C. The quantitative estimate of drug-likeness (QED) is 0.790. The van der Waals surface area contributed by atoms with E-state index in [1.54, 1.807) is 0 Å². The minimum Gasteiger partial charge on any atom is -0.469 e. The van der Waals surface area contributed by atoms with E-state index in [-0.39, 0.29) is 11.9 Å². The maximum Gasteiger partial charge on any atom is 0.313 e. The Morgan fingerprint density at radius 3 is 2.40 bits per heavy atom. The van der Waals surface area contributed by atoms with Gasteiger partial charge in [0, 0.05) is 5.02 Å². The summed E-state index contributed by atoms with van der Waals surface area (Å²) < 4.78 is 4.95. The molecule has 0 amide bonds. The van der Waals surface area contributed by atoms with Gasteiger partial charge in [-0.1, -0.05) is 48.0 Å². The molecular formula is C17H17ClO2. The molecule has 1 atom stereocenters. The smallest absolute Gasteiger partial charge is 0.313 e. The predicted molar refractivity (Wildman–Crippen MR) is 81.1 cm³/mol. The molecule has 0 saturated heterocycles. The Balaban J connectivity index is 2.31. The van der Waals surface area contributed by atoms with Gasteiger partial charge in [0.25, 0.3) is 0 Å². The van der Waals surface area contributed by atoms with Gasteiger partial charge in [0.05, 0.1) is 13.0 Å². The van der Waals surface area contributed by atoms with Crippen molar-refractivity contribution in [2.75, 3.05) is 7.11 Å². The summed E-state index contributed by atoms with van der Waals surface area (Å²) >= 11 is 5.89. The lowest BCUT2D eigenvalue weighted by Crippen LogP contribution is -2.17. The van der Waals surface area contributed by atoms with E-state index < -0.39 is 0 Å². The fourth-order valence-electron chi connectivity index (χ4n) is 2.30. The van der Waals surface area contributed by atoms with Crippen molar-refractivity contribution < 1.29 is 9.53 Å². The Morgan fingerprint density at radius 1 is 1.15 bits per heavy atom. The van der Waals surface area contributed by atoms with Gasteiger partial charge in [-0.25, -0.2) is 0 Å². The molecule has 0 unspecified atom stereocenters. The van der Waals surface area contributed by atoms with Gasteiger partial charge in [-0.05, 0) is 42.2 Å². The zero-order valence-electron chi connectivity index (χ0n) is 11.6. The highest BCUT2D eigenvalue weighted by Crippen LogP contribution is 2.25. The number of aryl methyl sites for hydroxylation is 1. The summed E-state index contributed by atoms with van der Waals surface area (Å²) in [5, 5.41) is 0.694. The molecular weight excluding hydrogens is 272 g/mol. The molecule has 0 aliphatic rings. The largest absolute Gasteiger partial charge is 0.469 e. The molecule has 20 heavy (non-hydrogen) atoms. The number of esters is 1. The average molecular weight is 289 g/mol. The monoisotopic (exact) mass is 288 g/mol. The third-order valence-electron chi connectivity index (χ3n) is 3.40. The lowest BCUT2D eigenvalue weighted by molar-refractivity contribution is -0.142. The maximum absolute atomic E-state index is 12.1. The first-order valence-corrected chi connectivity index (χ1v) is 6.87. The van der Waals surface area contributed by atoms with Gasteiger partial charge in [0.15, 0.2) is 0 Å². The van der Waals surface area contributed by atoms with Crippen LogP contribution in [0.5, 0.6) is 0 Å². The van der Waals surface area contributed by atoms with Gasteiger partial charge in [-0.15, -0.1) is 0 Å². The van der Waals surface area contributed by atoms with Gasteiger partial charge in [0.2, 0.25) is 0 Å². The second-order valence-corrected chi connectivity index (χ2v) is 5.20. The van der Waals surface area contributed by atoms with Gasteiger partial charge in [-0.2, -0.15) is 0 Å². The normalized spacial score (nSPS) is 11.9. The average Bonchev–Trinajstić information content (AvgIpc) is 2.47. The van der Waals surface area contributed by atoms with Crippen molar-refractivity contribution in [3.05, 3.63) is 70.2 Å². The van der Waals surface area contributed by atoms with Crippen molar-refractivity contribution in [2.45, 2.75) is 19.3 Å². The molecule has 0 spiro atoms. The molecule has 0 saturated carbocycles. The van der Waals surface area contributed by atoms with Crippen LogP contribution in [-0.2, 0) is 16.0 Å². The molecule has 0 aliphatic heterocycles. The van der Waals surface area contributed by atoms with Gasteiger partial charge >= 0.3 is 5.97 Å². The Kier molecular flexibility index (Phi) is 4.80. The second kappa shape index (κ2) is 6.58. The number of halogens is 1. The molecule has 2 aromatic rings. The Morgan fingerprint density at radius 2 is 1.80 bits per heavy atom. The number of carbonyl (C=O) groups excluding carboxylic acids is 1. The third kappa shape index (κ3) is 3.40. The van der Waals surface area contributed by atoms with Crippen LogP contribution in [0.4, 0.5) is 0 Å². The second-order valence-electron chi connectivity index (χ2n) is 4.76. The van der Waals surface area contributed by atoms with E-state index in [1.165, 1.54) is 7.11 Å². The van der Waals surface area contributed by atoms with Crippen molar-refractivity contribution in [1.29, 1.82) is 0 Å². The summed E-state index contributed by atoms with van der Waals surface area (Å²) in [5.41, 5.74) is 3.17. The highest BCUT2D eigenvalue weighted by Gasteiger charge is 2.23. The molecule has 0 fully saturated rings. The Bertz CT molecular complexity index is 590. The Hall–Kier alpha value is -1.80. The molecule has 0 N–H and O–H groups in total. The fourth-order valence-corrected chi connectivity index (χ4v) is 2.42. The number of methoxy groups -OCH3 is 1. The molecule has 0 bridgehead atoms. The van der Waals surface area contributed by atoms with Gasteiger partial charge in [-0.3, -0.25) is 4.79 Å². The maximum atomic E-state index is 12.1. The van der Waals surface area contributed by atoms with Crippen molar-refractivity contribution in [2.24, 2.45) is 0 Å². The van der Waals surface area contributed by atoms with E-state index in [1.807, 2.05) is 55.5 Å². The zero-order valence-corrected chi connectivity index (χ0v) is 12.4. The summed E-state index contributed by atoms with van der Waals surface area (Å²) in [6.07, 6.45) is 0.606. The Labute approximate surface area is 124 Å². The number of hydrogen-bond acceptors (Lipinski definition) is 2. The van der Waals surface area contributed by atoms with Crippen LogP contribution >= 0.6 is 11.6 Å². The first kappa shape index (κ1) is 14.6. The van der Waals surface area contributed by atoms with Gasteiger partial charge < -0.3 is 4.74 Å². The molecule has 2 aromatic carbocycles. The summed E-state index contributed by atoms with van der Waals surface area (Å²) in [7, 11) is 1.43. The van der Waals surface area contributed by atoms with Crippen LogP contribution < -0.4 is 0 Å². The molecule has 2 rings (SSSR count). The highest BCUT2D eigenvalue weighted by molar-refractivity contribution is 6.30. The zero-order chi connectivity index (χ0) is 14.5. The van der Waals surface area contributed by atoms with E-state index in [0.29, 0.717) is 11.4 Å². The number of ether oxygens (including phenoxy) is 1. The van der Waals surface area contributed by atoms with Crippen LogP contribution in [0.2, 0.25) is 5.02 Å². The van der Waals surface area contributed by atoms with Crippen molar-refractivity contribution in [1.82, 2.24) is 0 Å². The van der Waals surface area contributed by atoms with Gasteiger partial charge in [0.1, 0.15) is 0 Å². The highest BCUT2D eigenvalue weighted by atomic mass is 35.5. The molecule has 2 nitrogen and oxygen atoms in total. The molecule has 0 aliphatic carbocycles. The third-order valence-corrected chi connectivity index (χ3v) is 3.65. The van der Waals surface area contributed by atoms with Crippen molar-refractivity contribution in [3.63, 3.8) is 0 Å².